The highest BCUT2D eigenvalue weighted by molar-refractivity contribution is 9.10. The topological polar surface area (TPSA) is 12.0 Å². The molecule has 2 aromatic carbocycles. The summed E-state index contributed by atoms with van der Waals surface area (Å²) in [5.74, 6) is -0.397. The first-order valence-corrected chi connectivity index (χ1v) is 6.66. The van der Waals surface area contributed by atoms with Crippen LogP contribution < -0.4 is 5.32 Å². The smallest absolute Gasteiger partial charge is 0.141 e. The summed E-state index contributed by atoms with van der Waals surface area (Å²) in [5, 5.41) is 3.35. The van der Waals surface area contributed by atoms with Crippen LogP contribution in [-0.4, -0.2) is 7.05 Å². The van der Waals surface area contributed by atoms with E-state index >= 15 is 0 Å². The third-order valence-electron chi connectivity index (χ3n) is 2.77. The van der Waals surface area contributed by atoms with Gasteiger partial charge in [-0.3, -0.25) is 0 Å². The highest BCUT2D eigenvalue weighted by Gasteiger charge is 2.13. The van der Waals surface area contributed by atoms with Gasteiger partial charge in [0.05, 0.1) is 11.1 Å². The molecule has 0 spiro atoms. The van der Waals surface area contributed by atoms with E-state index in [1.54, 1.807) is 12.1 Å². The van der Waals surface area contributed by atoms with E-state index in [0.717, 1.165) is 15.6 Å². The Kier molecular flexibility index (Phi) is 4.38. The Labute approximate surface area is 119 Å². The number of rotatable bonds is 3. The summed E-state index contributed by atoms with van der Waals surface area (Å²) in [7, 11) is 1.87. The van der Waals surface area contributed by atoms with E-state index in [1.807, 2.05) is 31.3 Å². The molecule has 18 heavy (non-hydrogen) atoms. The van der Waals surface area contributed by atoms with Crippen molar-refractivity contribution in [3.63, 3.8) is 0 Å². The zero-order chi connectivity index (χ0) is 13.1. The van der Waals surface area contributed by atoms with Gasteiger partial charge in [0.1, 0.15) is 5.82 Å². The summed E-state index contributed by atoms with van der Waals surface area (Å²) in [5.41, 5.74) is 2.04. The van der Waals surface area contributed by atoms with Gasteiger partial charge >= 0.3 is 0 Å². The molecule has 0 heterocycles. The van der Waals surface area contributed by atoms with E-state index in [2.05, 4.69) is 21.2 Å². The lowest BCUT2D eigenvalue weighted by atomic mass is 9.99. The Bertz CT molecular complexity index is 542. The summed E-state index contributed by atoms with van der Waals surface area (Å²) in [4.78, 5) is 0. The number of hydrogen-bond donors (Lipinski definition) is 1. The van der Waals surface area contributed by atoms with Gasteiger partial charge in [-0.25, -0.2) is 4.39 Å². The van der Waals surface area contributed by atoms with Gasteiger partial charge < -0.3 is 5.32 Å². The SMILES string of the molecule is CNC(c1ccc(Br)cc1)c1ccc(F)c(Cl)c1. The average Bonchev–Trinajstić information content (AvgIpc) is 2.37. The lowest BCUT2D eigenvalue weighted by Gasteiger charge is -2.17. The van der Waals surface area contributed by atoms with Crippen LogP contribution in [0.3, 0.4) is 0 Å². The number of halogens is 3. The molecule has 1 atom stereocenters. The van der Waals surface area contributed by atoms with Crippen molar-refractivity contribution in [1.29, 1.82) is 0 Å². The normalized spacial score (nSPS) is 12.4. The molecule has 0 aliphatic carbocycles. The molecule has 0 aromatic heterocycles. The fourth-order valence-corrected chi connectivity index (χ4v) is 2.33. The minimum Gasteiger partial charge on any atom is -0.309 e. The maximum absolute atomic E-state index is 13.2. The third kappa shape index (κ3) is 2.91. The summed E-state index contributed by atoms with van der Waals surface area (Å²) in [6.45, 7) is 0. The molecule has 0 saturated carbocycles. The molecule has 2 rings (SSSR count). The van der Waals surface area contributed by atoms with Crippen LogP contribution in [0.15, 0.2) is 46.9 Å². The van der Waals surface area contributed by atoms with Crippen molar-refractivity contribution in [2.75, 3.05) is 7.05 Å². The van der Waals surface area contributed by atoms with Gasteiger partial charge in [-0.05, 0) is 42.4 Å². The van der Waals surface area contributed by atoms with Gasteiger partial charge in [-0.2, -0.15) is 0 Å². The fraction of sp³-hybridized carbons (Fsp3) is 0.143. The van der Waals surface area contributed by atoms with Crippen molar-refractivity contribution >= 4 is 27.5 Å². The maximum Gasteiger partial charge on any atom is 0.141 e. The third-order valence-corrected chi connectivity index (χ3v) is 3.59. The highest BCUT2D eigenvalue weighted by atomic mass is 79.9. The van der Waals surface area contributed by atoms with Gasteiger partial charge in [0.15, 0.2) is 0 Å². The monoisotopic (exact) mass is 327 g/mol. The second-order valence-electron chi connectivity index (χ2n) is 3.95. The first kappa shape index (κ1) is 13.5. The van der Waals surface area contributed by atoms with Crippen LogP contribution in [0.25, 0.3) is 0 Å². The predicted molar refractivity (Wildman–Crippen MR) is 76.5 cm³/mol. The van der Waals surface area contributed by atoms with Crippen molar-refractivity contribution in [3.05, 3.63) is 68.9 Å². The number of hydrogen-bond acceptors (Lipinski definition) is 1. The van der Waals surface area contributed by atoms with Crippen molar-refractivity contribution < 1.29 is 4.39 Å². The van der Waals surface area contributed by atoms with Gasteiger partial charge in [-0.15, -0.1) is 0 Å². The second-order valence-corrected chi connectivity index (χ2v) is 5.27. The second kappa shape index (κ2) is 5.83. The van der Waals surface area contributed by atoms with Gasteiger partial charge in [0.25, 0.3) is 0 Å². The minimum absolute atomic E-state index is 0.00352. The van der Waals surface area contributed by atoms with E-state index < -0.39 is 5.82 Å². The average molecular weight is 329 g/mol. The van der Waals surface area contributed by atoms with E-state index in [1.165, 1.54) is 6.07 Å². The van der Waals surface area contributed by atoms with Crippen molar-refractivity contribution in [2.45, 2.75) is 6.04 Å². The summed E-state index contributed by atoms with van der Waals surface area (Å²) in [6.07, 6.45) is 0. The van der Waals surface area contributed by atoms with Gasteiger partial charge in [0.2, 0.25) is 0 Å². The molecular formula is C14H12BrClFN. The minimum atomic E-state index is -0.397. The van der Waals surface area contributed by atoms with Crippen molar-refractivity contribution in [2.24, 2.45) is 0 Å². The molecule has 1 unspecified atom stereocenters. The first-order chi connectivity index (χ1) is 8.61. The zero-order valence-corrected chi connectivity index (χ0v) is 12.1. The molecule has 1 nitrogen and oxygen atoms in total. The van der Waals surface area contributed by atoms with E-state index in [0.29, 0.717) is 0 Å². The Hall–Kier alpha value is -0.900. The molecule has 0 aliphatic heterocycles. The van der Waals surface area contributed by atoms with Crippen molar-refractivity contribution in [3.8, 4) is 0 Å². The quantitative estimate of drug-likeness (QED) is 0.871. The molecule has 0 aliphatic rings. The van der Waals surface area contributed by atoms with E-state index in [4.69, 9.17) is 11.6 Å². The standard InChI is InChI=1S/C14H12BrClFN/c1-18-14(9-2-5-11(15)6-3-9)10-4-7-13(17)12(16)8-10/h2-8,14,18H,1H3. The molecule has 2 aromatic rings. The van der Waals surface area contributed by atoms with E-state index in [9.17, 15) is 4.39 Å². The molecule has 0 radical (unpaired) electrons. The van der Waals surface area contributed by atoms with Crippen LogP contribution >= 0.6 is 27.5 Å². The van der Waals surface area contributed by atoms with Crippen LogP contribution in [-0.2, 0) is 0 Å². The molecule has 94 valence electrons. The highest BCUT2D eigenvalue weighted by Crippen LogP contribution is 2.26. The molecule has 0 bridgehead atoms. The number of nitrogens with one attached hydrogen (secondary N) is 1. The molecule has 0 saturated heterocycles. The van der Waals surface area contributed by atoms with Crippen LogP contribution in [0, 0.1) is 5.82 Å². The summed E-state index contributed by atoms with van der Waals surface area (Å²) < 4.78 is 14.2. The van der Waals surface area contributed by atoms with Crippen LogP contribution in [0.1, 0.15) is 17.2 Å². The first-order valence-electron chi connectivity index (χ1n) is 5.49. The Balaban J connectivity index is 2.38. The largest absolute Gasteiger partial charge is 0.309 e. The van der Waals surface area contributed by atoms with Crippen LogP contribution in [0.2, 0.25) is 5.02 Å². The predicted octanol–water partition coefficient (Wildman–Crippen LogP) is 4.55. The summed E-state index contributed by atoms with van der Waals surface area (Å²) in [6, 6.07) is 12.8. The Morgan fingerprint density at radius 1 is 1.11 bits per heavy atom. The van der Waals surface area contributed by atoms with E-state index in [-0.39, 0.29) is 11.1 Å². The summed E-state index contributed by atoms with van der Waals surface area (Å²) >= 11 is 9.22. The number of benzene rings is 2. The molecule has 0 amide bonds. The molecule has 1 N–H and O–H groups in total. The lowest BCUT2D eigenvalue weighted by Crippen LogP contribution is -2.17. The van der Waals surface area contributed by atoms with Crippen molar-refractivity contribution in [1.82, 2.24) is 5.32 Å². The van der Waals surface area contributed by atoms with Crippen LogP contribution in [0.5, 0.6) is 0 Å². The van der Waals surface area contributed by atoms with Gasteiger partial charge in [0, 0.05) is 4.47 Å². The fourth-order valence-electron chi connectivity index (χ4n) is 1.87. The molecule has 4 heteroatoms. The van der Waals surface area contributed by atoms with Crippen LogP contribution in [0.4, 0.5) is 4.39 Å². The zero-order valence-electron chi connectivity index (χ0n) is 9.75. The molecular weight excluding hydrogens is 317 g/mol. The Morgan fingerprint density at radius 3 is 2.28 bits per heavy atom. The lowest BCUT2D eigenvalue weighted by molar-refractivity contribution is 0.624. The van der Waals surface area contributed by atoms with Gasteiger partial charge in [-0.1, -0.05) is 45.7 Å². The Morgan fingerprint density at radius 2 is 1.72 bits per heavy atom. The maximum atomic E-state index is 13.2. The molecule has 0 fully saturated rings.